The monoisotopic (exact) mass is 341 g/mol. The fourth-order valence-electron chi connectivity index (χ4n) is 2.78. The molecule has 0 unspecified atom stereocenters. The fraction of sp³-hybridized carbons (Fsp3) is 0.350. The molecule has 0 aliphatic carbocycles. The lowest BCUT2D eigenvalue weighted by Crippen LogP contribution is -2.44. The lowest BCUT2D eigenvalue weighted by molar-refractivity contribution is -0.127. The van der Waals surface area contributed by atoms with Crippen LogP contribution in [-0.4, -0.2) is 31.3 Å². The molecule has 1 heterocycles. The van der Waals surface area contributed by atoms with Gasteiger partial charge < -0.3 is 19.5 Å². The van der Waals surface area contributed by atoms with E-state index in [9.17, 15) is 4.79 Å². The lowest BCUT2D eigenvalue weighted by atomic mass is 10.1. The molecule has 0 saturated carbocycles. The number of carbonyl (C=O) groups is 1. The van der Waals surface area contributed by atoms with Gasteiger partial charge in [0, 0.05) is 0 Å². The zero-order valence-electron chi connectivity index (χ0n) is 14.7. The molecule has 0 bridgehead atoms. The quantitative estimate of drug-likeness (QED) is 0.908. The predicted molar refractivity (Wildman–Crippen MR) is 95.4 cm³/mol. The number of benzene rings is 2. The molecule has 2 aromatic rings. The van der Waals surface area contributed by atoms with Crippen molar-refractivity contribution in [1.29, 1.82) is 0 Å². The van der Waals surface area contributed by atoms with Crippen LogP contribution in [0, 0.1) is 13.8 Å². The molecule has 5 nitrogen and oxygen atoms in total. The topological polar surface area (TPSA) is 56.8 Å². The molecule has 1 aliphatic rings. The van der Waals surface area contributed by atoms with Crippen molar-refractivity contribution in [3.63, 3.8) is 0 Å². The number of hydrogen-bond acceptors (Lipinski definition) is 4. The van der Waals surface area contributed by atoms with Crippen LogP contribution in [0.15, 0.2) is 42.5 Å². The summed E-state index contributed by atoms with van der Waals surface area (Å²) >= 11 is 0. The molecule has 0 fully saturated rings. The summed E-state index contributed by atoms with van der Waals surface area (Å²) in [5.74, 6) is 1.96. The number of nitrogens with one attached hydrogen (secondary N) is 1. The number of hydrogen-bond donors (Lipinski definition) is 1. The summed E-state index contributed by atoms with van der Waals surface area (Å²) in [7, 11) is 0. The van der Waals surface area contributed by atoms with Crippen molar-refractivity contribution < 1.29 is 19.0 Å². The Morgan fingerprint density at radius 3 is 2.60 bits per heavy atom. The highest BCUT2D eigenvalue weighted by atomic mass is 16.6. The van der Waals surface area contributed by atoms with E-state index in [0.29, 0.717) is 24.7 Å². The van der Waals surface area contributed by atoms with E-state index in [1.54, 1.807) is 6.92 Å². The van der Waals surface area contributed by atoms with E-state index in [1.807, 2.05) is 50.2 Å². The van der Waals surface area contributed by atoms with E-state index in [0.717, 1.165) is 16.9 Å². The number of rotatable bonds is 5. The number of carbonyl (C=O) groups excluding carboxylic acids is 1. The maximum Gasteiger partial charge on any atom is 0.260 e. The summed E-state index contributed by atoms with van der Waals surface area (Å²) < 4.78 is 17.2. The minimum Gasteiger partial charge on any atom is -0.486 e. The molecular weight excluding hydrogens is 318 g/mol. The largest absolute Gasteiger partial charge is 0.486 e. The van der Waals surface area contributed by atoms with Crippen LogP contribution in [0.1, 0.15) is 18.1 Å². The average molecular weight is 341 g/mol. The Bertz CT molecular complexity index is 739. The standard InChI is InChI=1S/C20H23NO4/c1-13-8-14(2)10-16(9-13)24-15(3)20(22)21-11-17-12-23-18-6-4-5-7-19(18)25-17/h4-10,15,17H,11-12H2,1-3H3,(H,21,22)/t15-,17-/m1/s1. The van der Waals surface area contributed by atoms with Gasteiger partial charge in [-0.05, 0) is 56.2 Å². The third kappa shape index (κ3) is 4.44. The van der Waals surface area contributed by atoms with Crippen molar-refractivity contribution in [3.8, 4) is 17.2 Å². The summed E-state index contributed by atoms with van der Waals surface area (Å²) in [4.78, 5) is 12.3. The number of fused-ring (bicyclic) bond motifs is 1. The van der Waals surface area contributed by atoms with Crippen LogP contribution in [-0.2, 0) is 4.79 Å². The summed E-state index contributed by atoms with van der Waals surface area (Å²) in [5.41, 5.74) is 2.21. The van der Waals surface area contributed by atoms with Gasteiger partial charge in [0.25, 0.3) is 5.91 Å². The van der Waals surface area contributed by atoms with Crippen LogP contribution in [0.3, 0.4) is 0 Å². The molecule has 2 aromatic carbocycles. The SMILES string of the molecule is Cc1cc(C)cc(O[C@H](C)C(=O)NC[C@@H]2COc3ccccc3O2)c1. The first-order chi connectivity index (χ1) is 12.0. The van der Waals surface area contributed by atoms with Gasteiger partial charge in [0.1, 0.15) is 18.5 Å². The van der Waals surface area contributed by atoms with Gasteiger partial charge in [0.05, 0.1) is 6.54 Å². The van der Waals surface area contributed by atoms with Crippen LogP contribution in [0.5, 0.6) is 17.2 Å². The normalized spacial score (nSPS) is 16.8. The second-order valence-corrected chi connectivity index (χ2v) is 6.33. The van der Waals surface area contributed by atoms with E-state index < -0.39 is 6.10 Å². The highest BCUT2D eigenvalue weighted by molar-refractivity contribution is 5.80. The minimum atomic E-state index is -0.585. The van der Waals surface area contributed by atoms with Gasteiger partial charge >= 0.3 is 0 Å². The van der Waals surface area contributed by atoms with E-state index in [2.05, 4.69) is 11.4 Å². The zero-order valence-corrected chi connectivity index (χ0v) is 14.7. The Morgan fingerprint density at radius 1 is 1.20 bits per heavy atom. The molecule has 5 heteroatoms. The first-order valence-corrected chi connectivity index (χ1v) is 8.42. The van der Waals surface area contributed by atoms with Crippen LogP contribution in [0.25, 0.3) is 0 Å². The molecule has 132 valence electrons. The number of aryl methyl sites for hydroxylation is 2. The van der Waals surface area contributed by atoms with Crippen molar-refractivity contribution in [2.45, 2.75) is 33.0 Å². The number of para-hydroxylation sites is 2. The molecular formula is C20H23NO4. The first kappa shape index (κ1) is 17.1. The zero-order chi connectivity index (χ0) is 17.8. The first-order valence-electron chi connectivity index (χ1n) is 8.42. The van der Waals surface area contributed by atoms with Gasteiger partial charge in [-0.2, -0.15) is 0 Å². The van der Waals surface area contributed by atoms with Crippen LogP contribution >= 0.6 is 0 Å². The molecule has 0 aromatic heterocycles. The van der Waals surface area contributed by atoms with Gasteiger partial charge in [-0.25, -0.2) is 0 Å². The van der Waals surface area contributed by atoms with Gasteiger partial charge in [-0.1, -0.05) is 18.2 Å². The summed E-state index contributed by atoms with van der Waals surface area (Å²) in [6.07, 6.45) is -0.801. The van der Waals surface area contributed by atoms with Crippen molar-refractivity contribution in [1.82, 2.24) is 5.32 Å². The van der Waals surface area contributed by atoms with Crippen molar-refractivity contribution in [2.24, 2.45) is 0 Å². The molecule has 3 rings (SSSR count). The lowest BCUT2D eigenvalue weighted by Gasteiger charge is -2.27. The van der Waals surface area contributed by atoms with E-state index in [1.165, 1.54) is 0 Å². The maximum atomic E-state index is 12.3. The molecule has 0 spiro atoms. The third-order valence-electron chi connectivity index (χ3n) is 3.95. The second kappa shape index (κ2) is 7.47. The Kier molecular flexibility index (Phi) is 5.12. The van der Waals surface area contributed by atoms with Crippen molar-refractivity contribution in [2.75, 3.05) is 13.2 Å². The molecule has 1 amide bonds. The fourth-order valence-corrected chi connectivity index (χ4v) is 2.78. The summed E-state index contributed by atoms with van der Waals surface area (Å²) in [6, 6.07) is 13.4. The summed E-state index contributed by atoms with van der Waals surface area (Å²) in [6.45, 7) is 6.52. The Morgan fingerprint density at radius 2 is 1.88 bits per heavy atom. The van der Waals surface area contributed by atoms with Gasteiger partial charge in [0.2, 0.25) is 0 Å². The van der Waals surface area contributed by atoms with Gasteiger partial charge in [-0.3, -0.25) is 4.79 Å². The van der Waals surface area contributed by atoms with Crippen LogP contribution in [0.4, 0.5) is 0 Å². The molecule has 25 heavy (non-hydrogen) atoms. The molecule has 1 N–H and O–H groups in total. The number of ether oxygens (including phenoxy) is 3. The Labute approximate surface area is 147 Å². The Balaban J connectivity index is 1.51. The highest BCUT2D eigenvalue weighted by Gasteiger charge is 2.22. The smallest absolute Gasteiger partial charge is 0.260 e. The third-order valence-corrected chi connectivity index (χ3v) is 3.95. The molecule has 2 atom stereocenters. The molecule has 0 radical (unpaired) electrons. The van der Waals surface area contributed by atoms with Crippen LogP contribution in [0.2, 0.25) is 0 Å². The Hall–Kier alpha value is -2.69. The second-order valence-electron chi connectivity index (χ2n) is 6.33. The summed E-state index contributed by atoms with van der Waals surface area (Å²) in [5, 5.41) is 2.86. The van der Waals surface area contributed by atoms with Crippen molar-refractivity contribution in [3.05, 3.63) is 53.6 Å². The number of amides is 1. The predicted octanol–water partition coefficient (Wildman–Crippen LogP) is 3.03. The molecule has 0 saturated heterocycles. The van der Waals surface area contributed by atoms with Crippen molar-refractivity contribution >= 4 is 5.91 Å². The minimum absolute atomic E-state index is 0.179. The van der Waals surface area contributed by atoms with E-state index in [-0.39, 0.29) is 12.0 Å². The van der Waals surface area contributed by atoms with Gasteiger partial charge in [-0.15, -0.1) is 0 Å². The van der Waals surface area contributed by atoms with Gasteiger partial charge in [0.15, 0.2) is 17.6 Å². The highest BCUT2D eigenvalue weighted by Crippen LogP contribution is 2.30. The van der Waals surface area contributed by atoms with Crippen LogP contribution < -0.4 is 19.5 Å². The average Bonchev–Trinajstić information content (AvgIpc) is 2.58. The van der Waals surface area contributed by atoms with E-state index >= 15 is 0 Å². The van der Waals surface area contributed by atoms with E-state index in [4.69, 9.17) is 14.2 Å². The molecule has 1 aliphatic heterocycles. The maximum absolute atomic E-state index is 12.3.